The quantitative estimate of drug-likeness (QED) is 0.715. The predicted molar refractivity (Wildman–Crippen MR) is 109 cm³/mol. The van der Waals surface area contributed by atoms with Crippen LogP contribution in [0.5, 0.6) is 0 Å². The summed E-state index contributed by atoms with van der Waals surface area (Å²) in [6.07, 6.45) is 6.65. The van der Waals surface area contributed by atoms with Gasteiger partial charge in [0.15, 0.2) is 5.82 Å². The average Bonchev–Trinajstić information content (AvgIpc) is 3.39. The number of hydrogen-bond acceptors (Lipinski definition) is 7. The van der Waals surface area contributed by atoms with Crippen LogP contribution in [0.3, 0.4) is 0 Å². The van der Waals surface area contributed by atoms with E-state index in [1.165, 1.54) is 17.5 Å². The molecule has 3 N–H and O–H groups in total. The van der Waals surface area contributed by atoms with Gasteiger partial charge in [0.2, 0.25) is 0 Å². The van der Waals surface area contributed by atoms with Crippen molar-refractivity contribution in [2.45, 2.75) is 25.8 Å². The third kappa shape index (κ3) is 4.78. The second kappa shape index (κ2) is 9.38. The van der Waals surface area contributed by atoms with E-state index in [0.29, 0.717) is 22.1 Å². The molecule has 1 saturated heterocycles. The fraction of sp³-hybridized carbons (Fsp3) is 0.368. The molecule has 0 aliphatic carbocycles. The van der Waals surface area contributed by atoms with Gasteiger partial charge in [-0.3, -0.25) is 4.79 Å². The van der Waals surface area contributed by atoms with Gasteiger partial charge in [-0.25, -0.2) is 15.0 Å². The smallest absolute Gasteiger partial charge is 0.273 e. The summed E-state index contributed by atoms with van der Waals surface area (Å²) in [7, 11) is 0. The molecule has 1 atom stereocenters. The van der Waals surface area contributed by atoms with Crippen molar-refractivity contribution < 1.29 is 4.79 Å². The molecule has 7 nitrogen and oxygen atoms in total. The third-order valence-electron chi connectivity index (χ3n) is 4.34. The molecule has 0 spiro atoms. The molecule has 142 valence electrons. The molecule has 0 aromatic carbocycles. The number of carbonyl (C=O) groups excluding carboxylic acids is 1. The van der Waals surface area contributed by atoms with E-state index in [2.05, 4.69) is 27.2 Å². The van der Waals surface area contributed by atoms with E-state index < -0.39 is 0 Å². The highest BCUT2D eigenvalue weighted by atomic mass is 32.1. The van der Waals surface area contributed by atoms with Crippen molar-refractivity contribution in [3.05, 3.63) is 46.7 Å². The van der Waals surface area contributed by atoms with E-state index in [-0.39, 0.29) is 11.9 Å². The van der Waals surface area contributed by atoms with Gasteiger partial charge in [-0.15, -0.1) is 11.3 Å². The molecule has 0 saturated carbocycles. The van der Waals surface area contributed by atoms with E-state index >= 15 is 0 Å². The normalized spacial score (nSPS) is 17.5. The number of thiazole rings is 1. The molecular formula is C19H24N6OS. The molecule has 3 heterocycles. The number of aromatic nitrogens is 2. The zero-order valence-electron chi connectivity index (χ0n) is 15.3. The fourth-order valence-corrected chi connectivity index (χ4v) is 3.77. The zero-order chi connectivity index (χ0) is 19.1. The molecule has 8 heteroatoms. The maximum absolute atomic E-state index is 13.0. The summed E-state index contributed by atoms with van der Waals surface area (Å²) < 4.78 is 0. The lowest BCUT2D eigenvalue weighted by Gasteiger charge is -2.27. The van der Waals surface area contributed by atoms with Crippen LogP contribution in [0.15, 0.2) is 41.0 Å². The number of aliphatic imine (C=N–C) groups is 1. The molecule has 1 aliphatic heterocycles. The Morgan fingerprint density at radius 1 is 1.52 bits per heavy atom. The molecule has 0 unspecified atom stereocenters. The second-order valence-electron chi connectivity index (χ2n) is 6.25. The van der Waals surface area contributed by atoms with Crippen LogP contribution in [0, 0.1) is 0 Å². The van der Waals surface area contributed by atoms with Crippen molar-refractivity contribution in [3.63, 3.8) is 0 Å². The zero-order valence-corrected chi connectivity index (χ0v) is 16.2. The number of nitrogens with one attached hydrogen (secondary N) is 1. The van der Waals surface area contributed by atoms with Gasteiger partial charge in [-0.2, -0.15) is 0 Å². The molecule has 0 radical (unpaired) electrons. The highest BCUT2D eigenvalue weighted by molar-refractivity contribution is 7.11. The number of nitrogens with zero attached hydrogens (tertiary/aromatic N) is 4. The van der Waals surface area contributed by atoms with Crippen molar-refractivity contribution in [2.24, 2.45) is 10.7 Å². The van der Waals surface area contributed by atoms with Crippen LogP contribution in [0.4, 0.5) is 5.82 Å². The number of nitrogens with two attached hydrogens (primary N) is 1. The minimum absolute atomic E-state index is 0.0221. The number of hydrogen-bond donors (Lipinski definition) is 2. The average molecular weight is 385 g/mol. The van der Waals surface area contributed by atoms with Gasteiger partial charge in [0.05, 0.1) is 0 Å². The molecular weight excluding hydrogens is 360 g/mol. The predicted octanol–water partition coefficient (Wildman–Crippen LogP) is 2.45. The number of rotatable bonds is 7. The van der Waals surface area contributed by atoms with Gasteiger partial charge in [0, 0.05) is 48.7 Å². The molecule has 1 amide bonds. The molecule has 27 heavy (non-hydrogen) atoms. The van der Waals surface area contributed by atoms with Crippen molar-refractivity contribution in [1.29, 1.82) is 0 Å². The SMILES string of the molecule is CCCN(C(=O)c1csc(C(/C=N/c2ccccn2)=C/N)n1)[C@@H]1CCNC1. The topological polar surface area (TPSA) is 96.5 Å². The molecule has 0 bridgehead atoms. The van der Waals surface area contributed by atoms with Crippen LogP contribution in [-0.2, 0) is 0 Å². The Labute approximate surface area is 163 Å². The van der Waals surface area contributed by atoms with Crippen LogP contribution in [0.25, 0.3) is 5.57 Å². The maximum Gasteiger partial charge on any atom is 0.273 e. The lowest BCUT2D eigenvalue weighted by Crippen LogP contribution is -2.42. The highest BCUT2D eigenvalue weighted by Gasteiger charge is 2.28. The summed E-state index contributed by atoms with van der Waals surface area (Å²) in [6, 6.07) is 5.74. The third-order valence-corrected chi connectivity index (χ3v) is 5.23. The first-order chi connectivity index (χ1) is 13.2. The molecule has 3 rings (SSSR count). The van der Waals surface area contributed by atoms with Crippen molar-refractivity contribution in [1.82, 2.24) is 20.2 Å². The van der Waals surface area contributed by atoms with Gasteiger partial charge in [-0.1, -0.05) is 13.0 Å². The number of pyridine rings is 1. The van der Waals surface area contributed by atoms with Crippen LogP contribution in [0.2, 0.25) is 0 Å². The Kier molecular flexibility index (Phi) is 6.67. The summed E-state index contributed by atoms with van der Waals surface area (Å²) in [6.45, 7) is 4.61. The fourth-order valence-electron chi connectivity index (χ4n) is 2.98. The molecule has 1 aliphatic rings. The van der Waals surface area contributed by atoms with E-state index in [1.54, 1.807) is 23.9 Å². The molecule has 1 fully saturated rings. The Morgan fingerprint density at radius 3 is 3.07 bits per heavy atom. The number of allylic oxidation sites excluding steroid dienone is 1. The first kappa shape index (κ1) is 19.2. The summed E-state index contributed by atoms with van der Waals surface area (Å²) in [4.78, 5) is 27.9. The molecule has 2 aromatic rings. The van der Waals surface area contributed by atoms with Crippen LogP contribution in [-0.4, -0.2) is 52.7 Å². The van der Waals surface area contributed by atoms with Gasteiger partial charge in [-0.05, 0) is 31.5 Å². The lowest BCUT2D eigenvalue weighted by molar-refractivity contribution is 0.0687. The van der Waals surface area contributed by atoms with E-state index in [1.807, 2.05) is 17.0 Å². The van der Waals surface area contributed by atoms with Gasteiger partial charge in [0.1, 0.15) is 10.7 Å². The van der Waals surface area contributed by atoms with Crippen molar-refractivity contribution in [3.8, 4) is 0 Å². The van der Waals surface area contributed by atoms with Crippen LogP contribution < -0.4 is 11.1 Å². The largest absolute Gasteiger partial charge is 0.404 e. The lowest BCUT2D eigenvalue weighted by atomic mass is 10.2. The number of carbonyl (C=O) groups is 1. The van der Waals surface area contributed by atoms with Crippen molar-refractivity contribution in [2.75, 3.05) is 19.6 Å². The van der Waals surface area contributed by atoms with E-state index in [9.17, 15) is 4.79 Å². The maximum atomic E-state index is 13.0. The molecule has 2 aromatic heterocycles. The second-order valence-corrected chi connectivity index (χ2v) is 7.11. The first-order valence-electron chi connectivity index (χ1n) is 9.07. The van der Waals surface area contributed by atoms with Gasteiger partial charge in [0.25, 0.3) is 5.91 Å². The van der Waals surface area contributed by atoms with Crippen LogP contribution >= 0.6 is 11.3 Å². The minimum atomic E-state index is -0.0221. The Hall–Kier alpha value is -2.58. The van der Waals surface area contributed by atoms with E-state index in [0.717, 1.165) is 32.5 Å². The highest BCUT2D eigenvalue weighted by Crippen LogP contribution is 2.21. The summed E-state index contributed by atoms with van der Waals surface area (Å²) >= 11 is 1.39. The van der Waals surface area contributed by atoms with Gasteiger partial charge >= 0.3 is 0 Å². The van der Waals surface area contributed by atoms with Crippen LogP contribution in [0.1, 0.15) is 35.3 Å². The Balaban J connectivity index is 1.75. The van der Waals surface area contributed by atoms with E-state index in [4.69, 9.17) is 5.73 Å². The standard InChI is InChI=1S/C19H24N6OS/c1-2-9-25(15-6-8-21-12-15)19(26)16-13-27-18(24-16)14(10-20)11-23-17-5-3-4-7-22-17/h3-5,7,10-11,13,15,21H,2,6,8-9,12,20H2,1H3/b14-10+,23-11+/t15-/m1/s1. The minimum Gasteiger partial charge on any atom is -0.404 e. The monoisotopic (exact) mass is 384 g/mol. The van der Waals surface area contributed by atoms with Gasteiger partial charge < -0.3 is 16.0 Å². The summed E-state index contributed by atoms with van der Waals surface area (Å²) in [5.74, 6) is 0.568. The first-order valence-corrected chi connectivity index (χ1v) is 9.95. The Bertz CT molecular complexity index is 811. The Morgan fingerprint density at radius 2 is 2.41 bits per heavy atom. The number of amides is 1. The summed E-state index contributed by atoms with van der Waals surface area (Å²) in [5, 5.41) is 5.78. The van der Waals surface area contributed by atoms with Crippen molar-refractivity contribution >= 4 is 34.8 Å². The summed E-state index contributed by atoms with van der Waals surface area (Å²) in [5.41, 5.74) is 6.87.